The minimum atomic E-state index is -0.435. The van der Waals surface area contributed by atoms with Crippen LogP contribution in [0.4, 0.5) is 10.2 Å². The van der Waals surface area contributed by atoms with Crippen molar-refractivity contribution < 1.29 is 9.18 Å². The highest BCUT2D eigenvalue weighted by Crippen LogP contribution is 2.22. The van der Waals surface area contributed by atoms with Gasteiger partial charge in [0, 0.05) is 29.1 Å². The number of benzene rings is 1. The number of H-pyrrole nitrogens is 1. The van der Waals surface area contributed by atoms with Crippen LogP contribution in [0.2, 0.25) is 0 Å². The third-order valence-corrected chi connectivity index (χ3v) is 4.50. The average molecular weight is 433 g/mol. The summed E-state index contributed by atoms with van der Waals surface area (Å²) in [5.41, 5.74) is 1.14. The topological polar surface area (TPSA) is 79.8 Å². The van der Waals surface area contributed by atoms with Crippen molar-refractivity contribution in [2.75, 3.05) is 5.32 Å². The predicted molar refractivity (Wildman–Crippen MR) is 104 cm³/mol. The Hall–Kier alpha value is -2.74. The first-order valence-corrected chi connectivity index (χ1v) is 9.26. The number of aromatic nitrogens is 3. The van der Waals surface area contributed by atoms with Crippen molar-refractivity contribution in [2.45, 2.75) is 26.3 Å². The standard InChI is InChI=1S/C19H18BrFN4O2/c1-2-5-14-8-13(9-17(26)22-14)19(27)23-18-15(20)11-25(24-18)10-12-6-3-4-7-16(12)21/h3-4,6-9,11H,2,5,10H2,1H3,(H,22,26)(H,23,24,27). The van der Waals surface area contributed by atoms with Crippen LogP contribution in [0.5, 0.6) is 0 Å². The molecule has 6 nitrogen and oxygen atoms in total. The molecule has 27 heavy (non-hydrogen) atoms. The SMILES string of the molecule is CCCc1cc(C(=O)Nc2nn(Cc3ccccc3F)cc2Br)cc(=O)[nH]1. The molecular weight excluding hydrogens is 415 g/mol. The lowest BCUT2D eigenvalue weighted by Gasteiger charge is -2.05. The maximum absolute atomic E-state index is 13.8. The quantitative estimate of drug-likeness (QED) is 0.622. The van der Waals surface area contributed by atoms with Crippen LogP contribution in [0.15, 0.2) is 51.9 Å². The Morgan fingerprint density at radius 3 is 2.85 bits per heavy atom. The van der Waals surface area contributed by atoms with Gasteiger partial charge in [0.05, 0.1) is 11.0 Å². The highest BCUT2D eigenvalue weighted by molar-refractivity contribution is 9.10. The number of amides is 1. The highest BCUT2D eigenvalue weighted by atomic mass is 79.9. The molecule has 0 bridgehead atoms. The van der Waals surface area contributed by atoms with Crippen LogP contribution in [0, 0.1) is 5.82 Å². The molecule has 8 heteroatoms. The number of carbonyl (C=O) groups is 1. The third kappa shape index (κ3) is 4.71. The van der Waals surface area contributed by atoms with Crippen molar-refractivity contribution in [3.8, 4) is 0 Å². The zero-order valence-corrected chi connectivity index (χ0v) is 16.2. The molecule has 0 fully saturated rings. The monoisotopic (exact) mass is 432 g/mol. The molecule has 0 radical (unpaired) electrons. The molecule has 0 unspecified atom stereocenters. The molecule has 1 aromatic carbocycles. The summed E-state index contributed by atoms with van der Waals surface area (Å²) in [6, 6.07) is 9.34. The van der Waals surface area contributed by atoms with Crippen molar-refractivity contribution in [3.05, 3.63) is 80.1 Å². The van der Waals surface area contributed by atoms with Crippen LogP contribution in [0.1, 0.15) is 35.0 Å². The van der Waals surface area contributed by atoms with Gasteiger partial charge in [-0.2, -0.15) is 5.10 Å². The predicted octanol–water partition coefficient (Wildman–Crippen LogP) is 3.73. The smallest absolute Gasteiger partial charge is 0.257 e. The van der Waals surface area contributed by atoms with Gasteiger partial charge in [-0.15, -0.1) is 0 Å². The fourth-order valence-electron chi connectivity index (χ4n) is 2.68. The van der Waals surface area contributed by atoms with Crippen molar-refractivity contribution in [3.63, 3.8) is 0 Å². The first-order valence-electron chi connectivity index (χ1n) is 8.47. The van der Waals surface area contributed by atoms with Crippen LogP contribution in [-0.2, 0) is 13.0 Å². The van der Waals surface area contributed by atoms with E-state index in [4.69, 9.17) is 0 Å². The van der Waals surface area contributed by atoms with Gasteiger partial charge in [-0.25, -0.2) is 4.39 Å². The fourth-order valence-corrected chi connectivity index (χ4v) is 3.09. The molecule has 2 heterocycles. The molecule has 2 N–H and O–H groups in total. The lowest BCUT2D eigenvalue weighted by atomic mass is 10.1. The first-order chi connectivity index (χ1) is 13.0. The van der Waals surface area contributed by atoms with Crippen molar-refractivity contribution in [1.29, 1.82) is 0 Å². The Morgan fingerprint density at radius 1 is 1.33 bits per heavy atom. The van der Waals surface area contributed by atoms with E-state index in [0.29, 0.717) is 28.0 Å². The number of aromatic amines is 1. The van der Waals surface area contributed by atoms with E-state index >= 15 is 0 Å². The molecule has 140 valence electrons. The van der Waals surface area contributed by atoms with Crippen molar-refractivity contribution in [1.82, 2.24) is 14.8 Å². The summed E-state index contributed by atoms with van der Waals surface area (Å²) in [4.78, 5) is 27.0. The number of pyridine rings is 1. The number of anilines is 1. The number of carbonyl (C=O) groups excluding carboxylic acids is 1. The second-order valence-electron chi connectivity index (χ2n) is 6.08. The molecule has 0 aliphatic carbocycles. The molecule has 0 aliphatic heterocycles. The van der Waals surface area contributed by atoms with Gasteiger partial charge in [0.15, 0.2) is 5.82 Å². The first kappa shape index (κ1) is 19.0. The Kier molecular flexibility index (Phi) is 5.85. The second-order valence-corrected chi connectivity index (χ2v) is 6.93. The van der Waals surface area contributed by atoms with Crippen LogP contribution in [-0.4, -0.2) is 20.7 Å². The van der Waals surface area contributed by atoms with E-state index in [1.54, 1.807) is 30.5 Å². The zero-order chi connectivity index (χ0) is 19.4. The van der Waals surface area contributed by atoms with Crippen molar-refractivity contribution in [2.24, 2.45) is 0 Å². The average Bonchev–Trinajstić information content (AvgIpc) is 2.96. The normalized spacial score (nSPS) is 10.8. The summed E-state index contributed by atoms with van der Waals surface area (Å²) < 4.78 is 15.9. The van der Waals surface area contributed by atoms with Crippen molar-refractivity contribution >= 4 is 27.7 Å². The summed E-state index contributed by atoms with van der Waals surface area (Å²) >= 11 is 3.34. The summed E-state index contributed by atoms with van der Waals surface area (Å²) in [6.07, 6.45) is 3.19. The number of hydrogen-bond acceptors (Lipinski definition) is 3. The zero-order valence-electron chi connectivity index (χ0n) is 14.6. The van der Waals surface area contributed by atoms with Gasteiger partial charge in [-0.05, 0) is 34.5 Å². The molecule has 3 aromatic rings. The summed E-state index contributed by atoms with van der Waals surface area (Å²) in [7, 11) is 0. The highest BCUT2D eigenvalue weighted by Gasteiger charge is 2.14. The third-order valence-electron chi connectivity index (χ3n) is 3.92. The molecule has 0 atom stereocenters. The van der Waals surface area contributed by atoms with E-state index in [1.165, 1.54) is 16.8 Å². The summed E-state index contributed by atoms with van der Waals surface area (Å²) in [5, 5.41) is 6.96. The van der Waals surface area contributed by atoms with Gasteiger partial charge < -0.3 is 10.3 Å². The van der Waals surface area contributed by atoms with Gasteiger partial charge in [0.25, 0.3) is 5.91 Å². The van der Waals surface area contributed by atoms with Gasteiger partial charge >= 0.3 is 0 Å². The Bertz CT molecular complexity index is 1030. The molecule has 0 saturated heterocycles. The molecule has 0 spiro atoms. The van der Waals surface area contributed by atoms with E-state index < -0.39 is 5.91 Å². The summed E-state index contributed by atoms with van der Waals surface area (Å²) in [6.45, 7) is 2.22. The van der Waals surface area contributed by atoms with E-state index in [1.807, 2.05) is 6.92 Å². The number of rotatable bonds is 6. The number of nitrogens with zero attached hydrogens (tertiary/aromatic N) is 2. The lowest BCUT2D eigenvalue weighted by Crippen LogP contribution is -2.18. The molecule has 0 saturated carbocycles. The minimum Gasteiger partial charge on any atom is -0.326 e. The van der Waals surface area contributed by atoms with E-state index in [-0.39, 0.29) is 23.5 Å². The fraction of sp³-hybridized carbons (Fsp3) is 0.211. The van der Waals surface area contributed by atoms with Gasteiger partial charge in [0.2, 0.25) is 5.56 Å². The maximum Gasteiger partial charge on any atom is 0.257 e. The number of hydrogen-bond donors (Lipinski definition) is 2. The van der Waals surface area contributed by atoms with Gasteiger partial charge in [-0.1, -0.05) is 31.5 Å². The molecular formula is C19H18BrFN4O2. The van der Waals surface area contributed by atoms with E-state index in [2.05, 4.69) is 31.3 Å². The maximum atomic E-state index is 13.8. The van der Waals surface area contributed by atoms with Crippen LogP contribution >= 0.6 is 15.9 Å². The van der Waals surface area contributed by atoms with Crippen LogP contribution in [0.3, 0.4) is 0 Å². The Labute approximate surface area is 163 Å². The van der Waals surface area contributed by atoms with Crippen LogP contribution < -0.4 is 10.9 Å². The number of aryl methyl sites for hydroxylation is 1. The molecule has 3 rings (SSSR count). The lowest BCUT2D eigenvalue weighted by molar-refractivity contribution is 0.102. The van der Waals surface area contributed by atoms with E-state index in [9.17, 15) is 14.0 Å². The molecule has 2 aromatic heterocycles. The second kappa shape index (κ2) is 8.30. The Morgan fingerprint density at radius 2 is 2.11 bits per heavy atom. The van der Waals surface area contributed by atoms with E-state index in [0.717, 1.165) is 6.42 Å². The van der Waals surface area contributed by atoms with Gasteiger partial charge in [-0.3, -0.25) is 14.3 Å². The number of halogens is 2. The summed E-state index contributed by atoms with van der Waals surface area (Å²) in [5.74, 6) is -0.453. The Balaban J connectivity index is 1.78. The van der Waals surface area contributed by atoms with Crippen LogP contribution in [0.25, 0.3) is 0 Å². The molecule has 0 aliphatic rings. The van der Waals surface area contributed by atoms with Gasteiger partial charge in [0.1, 0.15) is 5.82 Å². The largest absolute Gasteiger partial charge is 0.326 e. The minimum absolute atomic E-state index is 0.229. The number of nitrogens with one attached hydrogen (secondary N) is 2. The molecule has 1 amide bonds.